The highest BCUT2D eigenvalue weighted by molar-refractivity contribution is 4.68. The lowest BCUT2D eigenvalue weighted by atomic mass is 10.0. The topological polar surface area (TPSA) is 46.2 Å². The van der Waals surface area contributed by atoms with Gasteiger partial charge in [0.05, 0.1) is 26.7 Å². The number of hydrogen-bond acceptors (Lipinski definition) is 2. The maximum Gasteiger partial charge on any atom is 0.0969 e. The molecule has 0 saturated carbocycles. The fraction of sp³-hybridized carbons (Fsp3) is 0.818. The van der Waals surface area contributed by atoms with Crippen LogP contribution in [0.15, 0.2) is 12.7 Å². The Morgan fingerprint density at radius 3 is 2.40 bits per heavy atom. The molecule has 0 bridgehead atoms. The van der Waals surface area contributed by atoms with Crippen LogP contribution in [0.1, 0.15) is 19.3 Å². The van der Waals surface area contributed by atoms with Gasteiger partial charge in [-0.2, -0.15) is 0 Å². The minimum atomic E-state index is 0. The lowest BCUT2D eigenvalue weighted by Crippen LogP contribution is -3.00. The van der Waals surface area contributed by atoms with Crippen LogP contribution in [0.3, 0.4) is 0 Å². The van der Waals surface area contributed by atoms with Crippen molar-refractivity contribution in [3.8, 4) is 0 Å². The highest BCUT2D eigenvalue weighted by Gasteiger charge is 2.25. The number of likely N-dealkylation sites (N-methyl/N-ethyl adjacent to an activating group) is 1. The van der Waals surface area contributed by atoms with E-state index in [4.69, 9.17) is 10.8 Å². The largest absolute Gasteiger partial charge is 1.00 e. The average Bonchev–Trinajstić information content (AvgIpc) is 2.11. The third-order valence-electron chi connectivity index (χ3n) is 2.79. The molecule has 0 aromatic carbocycles. The Balaban J connectivity index is 0. The van der Waals surface area contributed by atoms with Gasteiger partial charge < -0.3 is 27.7 Å². The van der Waals surface area contributed by atoms with E-state index in [1.807, 2.05) is 6.08 Å². The summed E-state index contributed by atoms with van der Waals surface area (Å²) in [6.07, 6.45) is 4.90. The van der Waals surface area contributed by atoms with Crippen molar-refractivity contribution in [3.05, 3.63) is 12.7 Å². The van der Waals surface area contributed by atoms with Gasteiger partial charge in [-0.25, -0.2) is 0 Å². The molecule has 0 aromatic heterocycles. The summed E-state index contributed by atoms with van der Waals surface area (Å²) >= 11 is 0. The van der Waals surface area contributed by atoms with Crippen LogP contribution in [-0.2, 0) is 0 Å². The number of aliphatic hydroxyl groups excluding tert-OH is 1. The molecular formula is C11H25ClN2O. The second-order valence-corrected chi connectivity index (χ2v) is 4.35. The van der Waals surface area contributed by atoms with Gasteiger partial charge >= 0.3 is 0 Å². The average molecular weight is 237 g/mol. The summed E-state index contributed by atoms with van der Waals surface area (Å²) < 4.78 is 0.893. The molecule has 92 valence electrons. The van der Waals surface area contributed by atoms with E-state index in [2.05, 4.69) is 20.7 Å². The van der Waals surface area contributed by atoms with Crippen molar-refractivity contribution >= 4 is 0 Å². The molecule has 0 amide bonds. The Morgan fingerprint density at radius 2 is 2.00 bits per heavy atom. The first kappa shape index (κ1) is 17.3. The number of aliphatic hydroxyl groups is 1. The van der Waals surface area contributed by atoms with Gasteiger partial charge in [0.15, 0.2) is 0 Å². The fourth-order valence-electron chi connectivity index (χ4n) is 1.83. The van der Waals surface area contributed by atoms with E-state index in [9.17, 15) is 0 Å². The number of nitrogens with zero attached hydrogens (tertiary/aromatic N) is 1. The van der Waals surface area contributed by atoms with Crippen LogP contribution in [0.5, 0.6) is 0 Å². The van der Waals surface area contributed by atoms with Crippen LogP contribution >= 0.6 is 0 Å². The molecular weight excluding hydrogens is 212 g/mol. The minimum absolute atomic E-state index is 0. The number of quaternary nitrogens is 1. The molecule has 0 aromatic rings. The van der Waals surface area contributed by atoms with Crippen molar-refractivity contribution < 1.29 is 22.0 Å². The summed E-state index contributed by atoms with van der Waals surface area (Å²) in [5, 5.41) is 9.00. The molecule has 4 heteroatoms. The summed E-state index contributed by atoms with van der Waals surface area (Å²) in [5.41, 5.74) is 5.50. The third-order valence-corrected chi connectivity index (χ3v) is 2.79. The molecule has 3 nitrogen and oxygen atoms in total. The van der Waals surface area contributed by atoms with Crippen molar-refractivity contribution in [2.45, 2.75) is 25.3 Å². The molecule has 0 saturated heterocycles. The molecule has 3 N–H and O–H groups in total. The van der Waals surface area contributed by atoms with Gasteiger partial charge in [0.2, 0.25) is 0 Å². The fourth-order valence-corrected chi connectivity index (χ4v) is 1.83. The van der Waals surface area contributed by atoms with Crippen molar-refractivity contribution in [2.75, 3.05) is 33.8 Å². The van der Waals surface area contributed by atoms with E-state index in [0.29, 0.717) is 6.04 Å². The Labute approximate surface area is 100.0 Å². The molecule has 0 heterocycles. The van der Waals surface area contributed by atoms with Crippen molar-refractivity contribution in [2.24, 2.45) is 5.73 Å². The molecule has 15 heavy (non-hydrogen) atoms. The molecule has 0 fully saturated rings. The molecule has 0 rings (SSSR count). The normalized spacial score (nSPS) is 13.1. The highest BCUT2D eigenvalue weighted by atomic mass is 35.5. The van der Waals surface area contributed by atoms with Crippen LogP contribution in [0, 0.1) is 0 Å². The van der Waals surface area contributed by atoms with E-state index >= 15 is 0 Å². The first-order valence-electron chi connectivity index (χ1n) is 5.33. The lowest BCUT2D eigenvalue weighted by molar-refractivity contribution is -0.910. The number of nitrogens with two attached hydrogens (primary N) is 1. The lowest BCUT2D eigenvalue weighted by Gasteiger charge is -2.37. The van der Waals surface area contributed by atoms with E-state index in [1.165, 1.54) is 0 Å². The van der Waals surface area contributed by atoms with Crippen LogP contribution in [0.25, 0.3) is 0 Å². The molecule has 0 spiro atoms. The zero-order chi connectivity index (χ0) is 11.0. The zero-order valence-corrected chi connectivity index (χ0v) is 10.7. The van der Waals surface area contributed by atoms with E-state index in [-0.39, 0.29) is 19.0 Å². The monoisotopic (exact) mass is 236 g/mol. The van der Waals surface area contributed by atoms with Crippen molar-refractivity contribution in [1.82, 2.24) is 0 Å². The maximum atomic E-state index is 9.00. The van der Waals surface area contributed by atoms with Gasteiger partial charge in [0.25, 0.3) is 0 Å². The van der Waals surface area contributed by atoms with Crippen LogP contribution in [0.4, 0.5) is 0 Å². The number of hydrogen-bond donors (Lipinski definition) is 2. The maximum absolute atomic E-state index is 9.00. The van der Waals surface area contributed by atoms with Crippen LogP contribution in [0.2, 0.25) is 0 Å². The summed E-state index contributed by atoms with van der Waals surface area (Å²) in [6.45, 7) is 5.70. The quantitative estimate of drug-likeness (QED) is 0.369. The Kier molecular flexibility index (Phi) is 10.6. The molecule has 1 atom stereocenters. The standard InChI is InChI=1S/C11H25N2O.ClH/c1-4-9-13(2,3)11(7-10-14)6-5-8-12;/h4,11,14H,1,5-10,12H2,2-3H3;1H/q+1;/p-1. The predicted molar refractivity (Wildman–Crippen MR) is 61.0 cm³/mol. The summed E-state index contributed by atoms with van der Waals surface area (Å²) in [4.78, 5) is 0. The Hall–Kier alpha value is -0.0900. The summed E-state index contributed by atoms with van der Waals surface area (Å²) in [6, 6.07) is 0.488. The van der Waals surface area contributed by atoms with Crippen molar-refractivity contribution in [3.63, 3.8) is 0 Å². The van der Waals surface area contributed by atoms with Gasteiger partial charge in [-0.1, -0.05) is 6.58 Å². The Bertz CT molecular complexity index is 163. The first-order chi connectivity index (χ1) is 6.58. The zero-order valence-electron chi connectivity index (χ0n) is 9.95. The van der Waals surface area contributed by atoms with E-state index in [0.717, 1.165) is 36.8 Å². The second-order valence-electron chi connectivity index (χ2n) is 4.35. The third kappa shape index (κ3) is 6.90. The smallest absolute Gasteiger partial charge is 0.0969 e. The summed E-state index contributed by atoms with van der Waals surface area (Å²) in [5.74, 6) is 0. The van der Waals surface area contributed by atoms with Crippen LogP contribution in [-0.4, -0.2) is 49.4 Å². The van der Waals surface area contributed by atoms with Crippen LogP contribution < -0.4 is 18.1 Å². The number of rotatable bonds is 8. The highest BCUT2D eigenvalue weighted by Crippen LogP contribution is 2.15. The SMILES string of the molecule is C=CC[N+](C)(C)C(CCO)CCCN.[Cl-]. The summed E-state index contributed by atoms with van der Waals surface area (Å²) in [7, 11) is 4.36. The molecule has 0 aliphatic rings. The second kappa shape index (κ2) is 9.16. The van der Waals surface area contributed by atoms with E-state index in [1.54, 1.807) is 0 Å². The van der Waals surface area contributed by atoms with Gasteiger partial charge in [0, 0.05) is 19.4 Å². The Morgan fingerprint density at radius 1 is 1.40 bits per heavy atom. The van der Waals surface area contributed by atoms with Gasteiger partial charge in [-0.05, 0) is 19.0 Å². The molecule has 0 aliphatic heterocycles. The minimum Gasteiger partial charge on any atom is -1.00 e. The first-order valence-corrected chi connectivity index (χ1v) is 5.33. The van der Waals surface area contributed by atoms with Crippen molar-refractivity contribution in [1.29, 1.82) is 0 Å². The molecule has 1 unspecified atom stereocenters. The van der Waals surface area contributed by atoms with Gasteiger partial charge in [-0.3, -0.25) is 0 Å². The molecule has 0 aliphatic carbocycles. The predicted octanol–water partition coefficient (Wildman–Crippen LogP) is -2.26. The van der Waals surface area contributed by atoms with Gasteiger partial charge in [-0.15, -0.1) is 0 Å². The molecule has 0 radical (unpaired) electrons. The van der Waals surface area contributed by atoms with Gasteiger partial charge in [0.1, 0.15) is 0 Å². The van der Waals surface area contributed by atoms with E-state index < -0.39 is 0 Å². The number of halogens is 1.